The van der Waals surface area contributed by atoms with Gasteiger partial charge in [-0.3, -0.25) is 4.90 Å². The van der Waals surface area contributed by atoms with Crippen LogP contribution in [0.3, 0.4) is 0 Å². The Labute approximate surface area is 191 Å². The number of likely N-dealkylation sites (tertiary alicyclic amines) is 1. The summed E-state index contributed by atoms with van der Waals surface area (Å²) in [5.74, 6) is -0.272. The maximum atomic E-state index is 12.3. The number of hydrogen-bond donors (Lipinski definition) is 0. The van der Waals surface area contributed by atoms with Crippen LogP contribution in [0, 0.1) is 0 Å². The Balaban J connectivity index is 1.86. The molecule has 1 fully saturated rings. The molecule has 0 N–H and O–H groups in total. The lowest BCUT2D eigenvalue weighted by Crippen LogP contribution is -2.41. The summed E-state index contributed by atoms with van der Waals surface area (Å²) in [4.78, 5) is 25.7. The lowest BCUT2D eigenvalue weighted by Gasteiger charge is -2.22. The Bertz CT molecular complexity index is 455. The highest BCUT2D eigenvalue weighted by Gasteiger charge is 2.36. The Hall–Kier alpha value is -1.26. The fraction of sp³-hybridized carbons (Fsp3) is 0.923. The van der Waals surface area contributed by atoms with Gasteiger partial charge in [0.1, 0.15) is 6.04 Å². The molecule has 0 aromatic heterocycles. The average Bonchev–Trinajstić information content (AvgIpc) is 3.26. The number of esters is 1. The van der Waals surface area contributed by atoms with Crippen LogP contribution in [-0.2, 0) is 14.3 Å². The first kappa shape index (κ1) is 27.8. The van der Waals surface area contributed by atoms with Crippen molar-refractivity contribution < 1.29 is 19.1 Å². The summed E-state index contributed by atoms with van der Waals surface area (Å²) < 4.78 is 10.4. The zero-order chi connectivity index (χ0) is 22.6. The fourth-order valence-electron chi connectivity index (χ4n) is 4.36. The molecule has 1 aliphatic heterocycles. The van der Waals surface area contributed by atoms with Crippen LogP contribution < -0.4 is 0 Å². The van der Waals surface area contributed by atoms with Crippen molar-refractivity contribution >= 4 is 12.1 Å². The van der Waals surface area contributed by atoms with E-state index in [2.05, 4.69) is 6.92 Å². The number of hydrogen-bond acceptors (Lipinski definition) is 4. The minimum absolute atomic E-state index is 0.272. The summed E-state index contributed by atoms with van der Waals surface area (Å²) in [7, 11) is 0. The lowest BCUT2D eigenvalue weighted by atomic mass is 10.0. The number of carbonyl (C=O) groups is 2. The van der Waals surface area contributed by atoms with Gasteiger partial charge in [-0.15, -0.1) is 0 Å². The van der Waals surface area contributed by atoms with Crippen molar-refractivity contribution in [3.05, 3.63) is 0 Å². The van der Waals surface area contributed by atoms with Gasteiger partial charge in [0.15, 0.2) is 0 Å². The number of ether oxygens (including phenoxy) is 2. The van der Waals surface area contributed by atoms with Crippen molar-refractivity contribution in [2.24, 2.45) is 0 Å². The number of carbonyl (C=O) groups excluding carboxylic acids is 2. The highest BCUT2D eigenvalue weighted by Crippen LogP contribution is 2.20. The number of rotatable bonds is 19. The number of amides is 1. The minimum Gasteiger partial charge on any atom is -0.464 e. The van der Waals surface area contributed by atoms with Crippen molar-refractivity contribution in [3.8, 4) is 0 Å². The number of nitrogens with zero attached hydrogens (tertiary/aromatic N) is 1. The van der Waals surface area contributed by atoms with E-state index < -0.39 is 12.1 Å². The summed E-state index contributed by atoms with van der Waals surface area (Å²) in [5, 5.41) is 0. The normalized spacial score (nSPS) is 15.9. The van der Waals surface area contributed by atoms with Crippen molar-refractivity contribution in [2.45, 2.75) is 135 Å². The third kappa shape index (κ3) is 13.7. The quantitative estimate of drug-likeness (QED) is 0.155. The molecule has 182 valence electrons. The van der Waals surface area contributed by atoms with E-state index in [1.807, 2.05) is 0 Å². The van der Waals surface area contributed by atoms with Crippen LogP contribution in [0.4, 0.5) is 4.79 Å². The third-order valence-corrected chi connectivity index (χ3v) is 6.27. The predicted molar refractivity (Wildman–Crippen MR) is 127 cm³/mol. The van der Waals surface area contributed by atoms with Crippen LogP contribution in [0.25, 0.3) is 0 Å². The van der Waals surface area contributed by atoms with E-state index in [0.717, 1.165) is 19.3 Å². The fourth-order valence-corrected chi connectivity index (χ4v) is 4.36. The Morgan fingerprint density at radius 2 is 1.19 bits per heavy atom. The van der Waals surface area contributed by atoms with Gasteiger partial charge in [0, 0.05) is 6.54 Å². The van der Waals surface area contributed by atoms with E-state index in [9.17, 15) is 9.59 Å². The minimum atomic E-state index is -0.458. The maximum Gasteiger partial charge on any atom is 0.410 e. The molecule has 5 heteroatoms. The molecule has 5 nitrogen and oxygen atoms in total. The molecule has 1 atom stereocenters. The van der Waals surface area contributed by atoms with E-state index in [4.69, 9.17) is 9.47 Å². The van der Waals surface area contributed by atoms with Crippen LogP contribution in [0.1, 0.15) is 129 Å². The van der Waals surface area contributed by atoms with E-state index in [1.165, 1.54) is 94.8 Å². The van der Waals surface area contributed by atoms with Gasteiger partial charge in [0.25, 0.3) is 0 Å². The molecule has 0 radical (unpaired) electrons. The molecule has 1 rings (SSSR count). The molecule has 1 unspecified atom stereocenters. The molecule has 1 amide bonds. The highest BCUT2D eigenvalue weighted by atomic mass is 16.6. The summed E-state index contributed by atoms with van der Waals surface area (Å²) in [6.45, 7) is 5.43. The van der Waals surface area contributed by atoms with Gasteiger partial charge in [0.05, 0.1) is 13.2 Å². The van der Waals surface area contributed by atoms with Crippen LogP contribution in [0.2, 0.25) is 0 Å². The zero-order valence-corrected chi connectivity index (χ0v) is 20.5. The Morgan fingerprint density at radius 1 is 0.710 bits per heavy atom. The van der Waals surface area contributed by atoms with E-state index in [1.54, 1.807) is 6.92 Å². The maximum absolute atomic E-state index is 12.3. The molecule has 0 bridgehead atoms. The van der Waals surface area contributed by atoms with Crippen molar-refractivity contribution in [1.82, 2.24) is 4.90 Å². The molecule has 31 heavy (non-hydrogen) atoms. The first-order valence-corrected chi connectivity index (χ1v) is 13.3. The first-order chi connectivity index (χ1) is 15.2. The predicted octanol–water partition coefficient (Wildman–Crippen LogP) is 7.41. The van der Waals surface area contributed by atoms with Gasteiger partial charge < -0.3 is 9.47 Å². The summed E-state index contributed by atoms with van der Waals surface area (Å²) in [6, 6.07) is -0.458. The molecule has 0 saturated carbocycles. The Morgan fingerprint density at radius 3 is 1.68 bits per heavy atom. The molecule has 0 spiro atoms. The second kappa shape index (κ2) is 19.4. The van der Waals surface area contributed by atoms with Crippen LogP contribution in [0.5, 0.6) is 0 Å². The van der Waals surface area contributed by atoms with E-state index >= 15 is 0 Å². The molecular weight excluding hydrogens is 390 g/mol. The van der Waals surface area contributed by atoms with E-state index in [-0.39, 0.29) is 5.97 Å². The molecule has 0 aromatic rings. The highest BCUT2D eigenvalue weighted by molar-refractivity contribution is 5.82. The summed E-state index contributed by atoms with van der Waals surface area (Å²) in [5.41, 5.74) is 0. The van der Waals surface area contributed by atoms with Gasteiger partial charge >= 0.3 is 12.1 Å². The second-order valence-electron chi connectivity index (χ2n) is 9.02. The molecule has 0 aromatic carbocycles. The van der Waals surface area contributed by atoms with Gasteiger partial charge in [0.2, 0.25) is 0 Å². The van der Waals surface area contributed by atoms with Crippen molar-refractivity contribution in [1.29, 1.82) is 0 Å². The smallest absolute Gasteiger partial charge is 0.410 e. The van der Waals surface area contributed by atoms with Crippen LogP contribution in [-0.4, -0.2) is 42.8 Å². The topological polar surface area (TPSA) is 55.8 Å². The average molecular weight is 440 g/mol. The van der Waals surface area contributed by atoms with Crippen LogP contribution in [0.15, 0.2) is 0 Å². The van der Waals surface area contributed by atoms with Gasteiger partial charge in [-0.05, 0) is 26.2 Å². The SMILES string of the molecule is CCCCCCCCCCCCCCCCCCOC(=O)C1CCCN1C(=O)OCC. The first-order valence-electron chi connectivity index (χ1n) is 13.3. The molecule has 1 saturated heterocycles. The molecule has 1 heterocycles. The third-order valence-electron chi connectivity index (χ3n) is 6.27. The van der Waals surface area contributed by atoms with Crippen LogP contribution >= 0.6 is 0 Å². The summed E-state index contributed by atoms with van der Waals surface area (Å²) in [6.07, 6.45) is 22.4. The summed E-state index contributed by atoms with van der Waals surface area (Å²) >= 11 is 0. The van der Waals surface area contributed by atoms with Gasteiger partial charge in [-0.1, -0.05) is 103 Å². The lowest BCUT2D eigenvalue weighted by molar-refractivity contribution is -0.148. The molecular formula is C26H49NO4. The second-order valence-corrected chi connectivity index (χ2v) is 9.02. The monoisotopic (exact) mass is 439 g/mol. The largest absolute Gasteiger partial charge is 0.464 e. The van der Waals surface area contributed by atoms with Crippen molar-refractivity contribution in [2.75, 3.05) is 19.8 Å². The van der Waals surface area contributed by atoms with Gasteiger partial charge in [-0.2, -0.15) is 0 Å². The number of unbranched alkanes of at least 4 members (excludes halogenated alkanes) is 15. The Kier molecular flexibility index (Phi) is 17.4. The standard InChI is InChI=1S/C26H49NO4/c1-3-5-6-7-8-9-10-11-12-13-14-15-16-17-18-19-23-31-25(28)24-21-20-22-27(24)26(29)30-4-2/h24H,3-23H2,1-2H3. The van der Waals surface area contributed by atoms with E-state index in [0.29, 0.717) is 26.2 Å². The van der Waals surface area contributed by atoms with Crippen molar-refractivity contribution in [3.63, 3.8) is 0 Å². The zero-order valence-electron chi connectivity index (χ0n) is 20.5. The molecule has 1 aliphatic rings. The molecule has 0 aliphatic carbocycles. The van der Waals surface area contributed by atoms with Gasteiger partial charge in [-0.25, -0.2) is 9.59 Å².